The molecule has 13 heavy (non-hydrogen) atoms. The van der Waals surface area contributed by atoms with E-state index in [-0.39, 0.29) is 6.79 Å². The van der Waals surface area contributed by atoms with E-state index in [4.69, 9.17) is 27.4 Å². The van der Waals surface area contributed by atoms with Gasteiger partial charge in [-0.05, 0) is 28.1 Å². The summed E-state index contributed by atoms with van der Waals surface area (Å²) in [6.07, 6.45) is 0. The van der Waals surface area contributed by atoms with Crippen molar-refractivity contribution < 1.29 is 9.47 Å². The topological polar surface area (TPSA) is 44.5 Å². The van der Waals surface area contributed by atoms with Gasteiger partial charge in [0.2, 0.25) is 6.79 Å². The van der Waals surface area contributed by atoms with Crippen LogP contribution in [0.3, 0.4) is 0 Å². The summed E-state index contributed by atoms with van der Waals surface area (Å²) in [5.41, 5.74) is 6.28. The van der Waals surface area contributed by atoms with Crippen LogP contribution in [0.15, 0.2) is 16.6 Å². The second-order valence-electron chi connectivity index (χ2n) is 2.55. The van der Waals surface area contributed by atoms with E-state index in [2.05, 4.69) is 15.9 Å². The number of benzene rings is 1. The average molecular weight is 260 g/mol. The van der Waals surface area contributed by atoms with Gasteiger partial charge in [-0.3, -0.25) is 0 Å². The molecule has 0 aromatic heterocycles. The summed E-state index contributed by atoms with van der Waals surface area (Å²) in [7, 11) is 0. The molecule has 0 unspecified atom stereocenters. The fraction of sp³-hybridized carbons (Fsp3) is 0.125. The van der Waals surface area contributed by atoms with Crippen molar-refractivity contribution in [3.05, 3.63) is 22.2 Å². The van der Waals surface area contributed by atoms with Gasteiger partial charge in [0.05, 0.1) is 0 Å². The van der Waals surface area contributed by atoms with Gasteiger partial charge in [-0.1, -0.05) is 12.2 Å². The highest BCUT2D eigenvalue weighted by Crippen LogP contribution is 2.36. The molecule has 3 nitrogen and oxygen atoms in total. The van der Waals surface area contributed by atoms with Gasteiger partial charge in [-0.25, -0.2) is 0 Å². The lowest BCUT2D eigenvalue weighted by Gasteiger charge is -2.03. The summed E-state index contributed by atoms with van der Waals surface area (Å²) in [5.74, 6) is 1.40. The summed E-state index contributed by atoms with van der Waals surface area (Å²) in [4.78, 5) is 0.338. The van der Waals surface area contributed by atoms with Crippen molar-refractivity contribution in [3.63, 3.8) is 0 Å². The molecule has 68 valence electrons. The minimum atomic E-state index is 0.253. The first-order chi connectivity index (χ1) is 6.18. The zero-order chi connectivity index (χ0) is 9.42. The van der Waals surface area contributed by atoms with Gasteiger partial charge in [-0.15, -0.1) is 0 Å². The second kappa shape index (κ2) is 3.16. The molecule has 2 N–H and O–H groups in total. The number of thiocarbonyl (C=S) groups is 1. The Hall–Kier alpha value is -0.810. The Bertz CT molecular complexity index is 381. The van der Waals surface area contributed by atoms with Crippen molar-refractivity contribution in [1.29, 1.82) is 0 Å². The Morgan fingerprint density at radius 3 is 2.62 bits per heavy atom. The molecular formula is C8H6BrNO2S. The second-order valence-corrected chi connectivity index (χ2v) is 3.84. The van der Waals surface area contributed by atoms with Crippen LogP contribution in [0.4, 0.5) is 0 Å². The van der Waals surface area contributed by atoms with Crippen molar-refractivity contribution in [2.24, 2.45) is 5.73 Å². The smallest absolute Gasteiger partial charge is 0.231 e. The maximum Gasteiger partial charge on any atom is 0.231 e. The molecule has 1 aromatic rings. The third-order valence-corrected chi connectivity index (χ3v) is 2.60. The molecule has 0 saturated heterocycles. The first-order valence-corrected chi connectivity index (χ1v) is 4.77. The number of hydrogen-bond donors (Lipinski definition) is 1. The molecule has 2 rings (SSSR count). The fourth-order valence-corrected chi connectivity index (χ4v) is 1.94. The number of fused-ring (bicyclic) bond motifs is 1. The van der Waals surface area contributed by atoms with Crippen molar-refractivity contribution in [2.75, 3.05) is 6.79 Å². The van der Waals surface area contributed by atoms with E-state index in [1.54, 1.807) is 12.1 Å². The quantitative estimate of drug-likeness (QED) is 0.782. The first kappa shape index (κ1) is 8.77. The summed E-state index contributed by atoms with van der Waals surface area (Å²) in [5, 5.41) is 0. The first-order valence-electron chi connectivity index (χ1n) is 3.57. The lowest BCUT2D eigenvalue weighted by atomic mass is 10.2. The van der Waals surface area contributed by atoms with Gasteiger partial charge in [0.25, 0.3) is 0 Å². The Balaban J connectivity index is 2.55. The van der Waals surface area contributed by atoms with Crippen LogP contribution in [-0.2, 0) is 0 Å². The molecule has 0 radical (unpaired) electrons. The molecule has 0 spiro atoms. The number of nitrogens with two attached hydrogens (primary N) is 1. The number of ether oxygens (including phenoxy) is 2. The average Bonchev–Trinajstić information content (AvgIpc) is 2.48. The third-order valence-electron chi connectivity index (χ3n) is 1.73. The Kier molecular flexibility index (Phi) is 2.13. The van der Waals surface area contributed by atoms with Crippen molar-refractivity contribution in [2.45, 2.75) is 0 Å². The van der Waals surface area contributed by atoms with Crippen LogP contribution >= 0.6 is 28.1 Å². The van der Waals surface area contributed by atoms with Crippen LogP contribution in [0.1, 0.15) is 5.56 Å². The van der Waals surface area contributed by atoms with E-state index in [1.165, 1.54) is 0 Å². The van der Waals surface area contributed by atoms with E-state index in [0.29, 0.717) is 16.5 Å². The minimum absolute atomic E-state index is 0.253. The number of rotatable bonds is 1. The van der Waals surface area contributed by atoms with Crippen LogP contribution < -0.4 is 15.2 Å². The summed E-state index contributed by atoms with van der Waals surface area (Å²) >= 11 is 8.22. The maximum absolute atomic E-state index is 5.51. The third kappa shape index (κ3) is 1.49. The molecule has 0 atom stereocenters. The Morgan fingerprint density at radius 2 is 2.00 bits per heavy atom. The molecule has 1 aromatic carbocycles. The number of hydrogen-bond acceptors (Lipinski definition) is 3. The maximum atomic E-state index is 5.51. The van der Waals surface area contributed by atoms with Crippen LogP contribution in [0.25, 0.3) is 0 Å². The summed E-state index contributed by atoms with van der Waals surface area (Å²) < 4.78 is 11.2. The van der Waals surface area contributed by atoms with Gasteiger partial charge < -0.3 is 15.2 Å². The van der Waals surface area contributed by atoms with E-state index in [9.17, 15) is 0 Å². The molecular weight excluding hydrogens is 254 g/mol. The van der Waals surface area contributed by atoms with Crippen molar-refractivity contribution in [1.82, 2.24) is 0 Å². The van der Waals surface area contributed by atoms with Gasteiger partial charge in [0.15, 0.2) is 11.5 Å². The van der Waals surface area contributed by atoms with Crippen LogP contribution in [0, 0.1) is 0 Å². The predicted molar refractivity (Wildman–Crippen MR) is 56.2 cm³/mol. The molecule has 1 aliphatic heterocycles. The SMILES string of the molecule is NC(=S)c1cc2c(cc1Br)OCO2. The zero-order valence-electron chi connectivity index (χ0n) is 6.54. The molecule has 0 bridgehead atoms. The van der Waals surface area contributed by atoms with Crippen LogP contribution in [0.2, 0.25) is 0 Å². The molecule has 0 fully saturated rings. The van der Waals surface area contributed by atoms with Gasteiger partial charge in [-0.2, -0.15) is 0 Å². The van der Waals surface area contributed by atoms with Crippen molar-refractivity contribution >= 4 is 33.1 Å². The Labute approximate surface area is 88.9 Å². The molecule has 1 heterocycles. The van der Waals surface area contributed by atoms with Gasteiger partial charge in [0, 0.05) is 10.0 Å². The summed E-state index contributed by atoms with van der Waals surface area (Å²) in [6, 6.07) is 3.57. The zero-order valence-corrected chi connectivity index (χ0v) is 8.94. The fourth-order valence-electron chi connectivity index (χ4n) is 1.11. The largest absolute Gasteiger partial charge is 0.454 e. The van der Waals surface area contributed by atoms with Crippen molar-refractivity contribution in [3.8, 4) is 11.5 Å². The van der Waals surface area contributed by atoms with Gasteiger partial charge in [0.1, 0.15) is 4.99 Å². The lowest BCUT2D eigenvalue weighted by molar-refractivity contribution is 0.174. The monoisotopic (exact) mass is 259 g/mol. The van der Waals surface area contributed by atoms with E-state index in [1.807, 2.05) is 0 Å². The Morgan fingerprint density at radius 1 is 1.38 bits per heavy atom. The molecule has 5 heteroatoms. The molecule has 1 aliphatic rings. The highest BCUT2D eigenvalue weighted by molar-refractivity contribution is 9.10. The van der Waals surface area contributed by atoms with E-state index >= 15 is 0 Å². The van der Waals surface area contributed by atoms with Gasteiger partial charge >= 0.3 is 0 Å². The minimum Gasteiger partial charge on any atom is -0.454 e. The van der Waals surface area contributed by atoms with Crippen LogP contribution in [0.5, 0.6) is 11.5 Å². The highest BCUT2D eigenvalue weighted by Gasteiger charge is 2.16. The van der Waals surface area contributed by atoms with Crippen LogP contribution in [-0.4, -0.2) is 11.8 Å². The normalized spacial score (nSPS) is 13.0. The predicted octanol–water partition coefficient (Wildman–Crippen LogP) is 1.81. The van der Waals surface area contributed by atoms with E-state index in [0.717, 1.165) is 10.0 Å². The summed E-state index contributed by atoms with van der Waals surface area (Å²) in [6.45, 7) is 0.253. The molecule has 0 amide bonds. The molecule has 0 saturated carbocycles. The van der Waals surface area contributed by atoms with E-state index < -0.39 is 0 Å². The highest BCUT2D eigenvalue weighted by atomic mass is 79.9. The lowest BCUT2D eigenvalue weighted by Crippen LogP contribution is -2.09. The number of halogens is 1. The molecule has 0 aliphatic carbocycles. The standard InChI is InChI=1S/C8H6BrNO2S/c9-5-2-7-6(11-3-12-7)1-4(5)8(10)13/h1-2H,3H2,(H2,10,13).